The van der Waals surface area contributed by atoms with E-state index in [1.165, 1.54) is 16.3 Å². The normalized spacial score (nSPS) is 10.6. The first-order chi connectivity index (χ1) is 13.2. The maximum Gasteiger partial charge on any atom is 0.251 e. The highest BCUT2D eigenvalue weighted by Gasteiger charge is 2.07. The Balaban J connectivity index is 1.52. The first kappa shape index (κ1) is 19.0. The Bertz CT molecular complexity index is 956. The molecule has 2 amide bonds. The van der Waals surface area contributed by atoms with Crippen molar-refractivity contribution in [3.05, 3.63) is 77.9 Å². The van der Waals surface area contributed by atoms with E-state index in [0.717, 1.165) is 5.75 Å². The average Bonchev–Trinajstić information content (AvgIpc) is 2.68. The molecule has 0 bridgehead atoms. The number of carbonyl (C=O) groups is 2. The quantitative estimate of drug-likeness (QED) is 0.638. The van der Waals surface area contributed by atoms with Crippen LogP contribution in [-0.4, -0.2) is 24.1 Å². The molecule has 0 saturated carbocycles. The summed E-state index contributed by atoms with van der Waals surface area (Å²) in [6.07, 6.45) is 0. The van der Waals surface area contributed by atoms with Gasteiger partial charge in [0.25, 0.3) is 5.91 Å². The van der Waals surface area contributed by atoms with Crippen LogP contribution in [0.2, 0.25) is 0 Å². The van der Waals surface area contributed by atoms with Gasteiger partial charge in [0.2, 0.25) is 5.91 Å². The van der Waals surface area contributed by atoms with Gasteiger partial charge < -0.3 is 10.6 Å². The van der Waals surface area contributed by atoms with Crippen LogP contribution in [0.25, 0.3) is 10.8 Å². The summed E-state index contributed by atoms with van der Waals surface area (Å²) in [5, 5.41) is 8.04. The molecule has 3 aromatic rings. The highest BCUT2D eigenvalue weighted by Crippen LogP contribution is 2.19. The Labute approximate surface area is 163 Å². The van der Waals surface area contributed by atoms with E-state index in [4.69, 9.17) is 0 Å². The number of nitrogens with one attached hydrogen (secondary N) is 2. The van der Waals surface area contributed by atoms with Crippen LogP contribution >= 0.6 is 11.8 Å². The molecular formula is C22H22N2O2S. The van der Waals surface area contributed by atoms with Gasteiger partial charge in [-0.1, -0.05) is 48.5 Å². The maximum atomic E-state index is 12.2. The molecule has 27 heavy (non-hydrogen) atoms. The van der Waals surface area contributed by atoms with Crippen LogP contribution in [0.1, 0.15) is 22.8 Å². The maximum absolute atomic E-state index is 12.2. The molecule has 3 rings (SSSR count). The summed E-state index contributed by atoms with van der Waals surface area (Å²) in [7, 11) is 0. The van der Waals surface area contributed by atoms with Gasteiger partial charge in [0.15, 0.2) is 0 Å². The van der Waals surface area contributed by atoms with Gasteiger partial charge in [-0.25, -0.2) is 0 Å². The largest absolute Gasteiger partial charge is 0.352 e. The summed E-state index contributed by atoms with van der Waals surface area (Å²) < 4.78 is 0. The van der Waals surface area contributed by atoms with Gasteiger partial charge >= 0.3 is 0 Å². The van der Waals surface area contributed by atoms with Crippen molar-refractivity contribution in [3.8, 4) is 0 Å². The van der Waals surface area contributed by atoms with Crippen molar-refractivity contribution < 1.29 is 9.59 Å². The van der Waals surface area contributed by atoms with Gasteiger partial charge in [-0.05, 0) is 41.5 Å². The number of rotatable bonds is 7. The molecule has 0 aliphatic heterocycles. The monoisotopic (exact) mass is 378 g/mol. The average molecular weight is 378 g/mol. The van der Waals surface area contributed by atoms with Gasteiger partial charge in [0.05, 0.1) is 5.75 Å². The lowest BCUT2D eigenvalue weighted by Crippen LogP contribution is -2.23. The van der Waals surface area contributed by atoms with Crippen molar-refractivity contribution in [1.29, 1.82) is 0 Å². The third-order valence-electron chi connectivity index (χ3n) is 4.06. The topological polar surface area (TPSA) is 58.2 Å². The smallest absolute Gasteiger partial charge is 0.251 e. The SMILES string of the molecule is CCNC(=O)c1cccc(NC(=O)CSCc2ccc3ccccc3c2)c1. The second-order valence-corrected chi connectivity index (χ2v) is 7.15. The minimum absolute atomic E-state index is 0.0751. The fourth-order valence-electron chi connectivity index (χ4n) is 2.79. The molecule has 2 N–H and O–H groups in total. The summed E-state index contributed by atoms with van der Waals surface area (Å²) in [6.45, 7) is 2.44. The highest BCUT2D eigenvalue weighted by atomic mass is 32.2. The molecule has 0 fully saturated rings. The van der Waals surface area contributed by atoms with E-state index in [2.05, 4.69) is 41.0 Å². The lowest BCUT2D eigenvalue weighted by Gasteiger charge is -2.08. The Kier molecular flexibility index (Phi) is 6.49. The first-order valence-electron chi connectivity index (χ1n) is 8.89. The first-order valence-corrected chi connectivity index (χ1v) is 10.0. The fourth-order valence-corrected chi connectivity index (χ4v) is 3.56. The molecule has 0 aliphatic rings. The highest BCUT2D eigenvalue weighted by molar-refractivity contribution is 7.99. The van der Waals surface area contributed by atoms with E-state index in [1.807, 2.05) is 19.1 Å². The standard InChI is InChI=1S/C22H22N2O2S/c1-2-23-22(26)19-8-5-9-20(13-19)24-21(25)15-27-14-16-10-11-17-6-3-4-7-18(17)12-16/h3-13H,2,14-15H2,1H3,(H,23,26)(H,24,25). The van der Waals surface area contributed by atoms with Gasteiger partial charge in [-0.15, -0.1) is 11.8 Å². The molecule has 0 unspecified atom stereocenters. The van der Waals surface area contributed by atoms with E-state index in [9.17, 15) is 9.59 Å². The molecule has 0 spiro atoms. The zero-order valence-electron chi connectivity index (χ0n) is 15.2. The van der Waals surface area contributed by atoms with Crippen LogP contribution in [0.5, 0.6) is 0 Å². The number of benzene rings is 3. The van der Waals surface area contributed by atoms with Crippen molar-refractivity contribution >= 4 is 40.0 Å². The molecule has 0 saturated heterocycles. The van der Waals surface area contributed by atoms with E-state index in [0.29, 0.717) is 23.5 Å². The Morgan fingerprint density at radius 3 is 2.56 bits per heavy atom. The second kappa shape index (κ2) is 9.24. The molecule has 138 valence electrons. The summed E-state index contributed by atoms with van der Waals surface area (Å²) in [5.41, 5.74) is 2.37. The van der Waals surface area contributed by atoms with Crippen molar-refractivity contribution in [2.75, 3.05) is 17.6 Å². The number of fused-ring (bicyclic) bond motifs is 1. The lowest BCUT2D eigenvalue weighted by atomic mass is 10.1. The zero-order valence-corrected chi connectivity index (χ0v) is 16.0. The van der Waals surface area contributed by atoms with Crippen molar-refractivity contribution in [3.63, 3.8) is 0 Å². The molecule has 0 aromatic heterocycles. The number of carbonyl (C=O) groups excluding carboxylic acids is 2. The molecule has 0 radical (unpaired) electrons. The molecule has 0 heterocycles. The summed E-state index contributed by atoms with van der Waals surface area (Å²) >= 11 is 1.57. The number of anilines is 1. The van der Waals surface area contributed by atoms with Crippen LogP contribution in [0.4, 0.5) is 5.69 Å². The van der Waals surface area contributed by atoms with Crippen LogP contribution in [-0.2, 0) is 10.5 Å². The van der Waals surface area contributed by atoms with E-state index in [-0.39, 0.29) is 11.8 Å². The number of hydrogen-bond donors (Lipinski definition) is 2. The number of hydrogen-bond acceptors (Lipinski definition) is 3. The summed E-state index contributed by atoms with van der Waals surface area (Å²) in [6, 6.07) is 21.6. The molecule has 0 aliphatic carbocycles. The third kappa shape index (κ3) is 5.34. The van der Waals surface area contributed by atoms with Gasteiger partial charge in [-0.2, -0.15) is 0 Å². The van der Waals surface area contributed by atoms with E-state index in [1.54, 1.807) is 36.0 Å². The second-order valence-electron chi connectivity index (χ2n) is 6.16. The third-order valence-corrected chi connectivity index (χ3v) is 5.07. The van der Waals surface area contributed by atoms with E-state index >= 15 is 0 Å². The van der Waals surface area contributed by atoms with Crippen LogP contribution in [0.3, 0.4) is 0 Å². The van der Waals surface area contributed by atoms with Crippen molar-refractivity contribution in [2.45, 2.75) is 12.7 Å². The minimum Gasteiger partial charge on any atom is -0.352 e. The van der Waals surface area contributed by atoms with Crippen molar-refractivity contribution in [2.24, 2.45) is 0 Å². The molecule has 3 aromatic carbocycles. The molecule has 4 nitrogen and oxygen atoms in total. The van der Waals surface area contributed by atoms with E-state index < -0.39 is 0 Å². The number of thioether (sulfide) groups is 1. The van der Waals surface area contributed by atoms with Crippen molar-refractivity contribution in [1.82, 2.24) is 5.32 Å². The minimum atomic E-state index is -0.140. The Morgan fingerprint density at radius 2 is 1.74 bits per heavy atom. The van der Waals surface area contributed by atoms with Gasteiger partial charge in [-0.3, -0.25) is 9.59 Å². The van der Waals surface area contributed by atoms with Crippen LogP contribution < -0.4 is 10.6 Å². The van der Waals surface area contributed by atoms with Gasteiger partial charge in [0, 0.05) is 23.5 Å². The predicted molar refractivity (Wildman–Crippen MR) is 113 cm³/mol. The Morgan fingerprint density at radius 1 is 0.926 bits per heavy atom. The Hall–Kier alpha value is -2.79. The lowest BCUT2D eigenvalue weighted by molar-refractivity contribution is -0.113. The zero-order chi connectivity index (χ0) is 19.1. The summed E-state index contributed by atoms with van der Waals surface area (Å²) in [4.78, 5) is 24.1. The van der Waals surface area contributed by atoms with Crippen LogP contribution in [0, 0.1) is 0 Å². The number of amides is 2. The van der Waals surface area contributed by atoms with Gasteiger partial charge in [0.1, 0.15) is 0 Å². The molecule has 0 atom stereocenters. The predicted octanol–water partition coefficient (Wildman–Crippen LogP) is 4.46. The summed E-state index contributed by atoms with van der Waals surface area (Å²) in [5.74, 6) is 0.920. The molecule has 5 heteroatoms. The fraction of sp³-hybridized carbons (Fsp3) is 0.182. The molecular weight excluding hydrogens is 356 g/mol. The van der Waals surface area contributed by atoms with Crippen LogP contribution in [0.15, 0.2) is 66.7 Å².